The number of hydrogen-bond acceptors (Lipinski definition) is 3. The number of carbonyl (C=O) groups is 1. The van der Waals surface area contributed by atoms with Crippen molar-refractivity contribution in [2.24, 2.45) is 0 Å². The molecular weight excluding hydrogens is 476 g/mol. The molecule has 160 valence electrons. The Balaban J connectivity index is 1.32. The Kier molecular flexibility index (Phi) is 7.28. The molecule has 0 radical (unpaired) electrons. The Morgan fingerprint density at radius 3 is 2.42 bits per heavy atom. The molecule has 0 aliphatic carbocycles. The average Bonchev–Trinajstić information content (AvgIpc) is 2.79. The smallest absolute Gasteiger partial charge is 0.253 e. The zero-order valence-corrected chi connectivity index (χ0v) is 19.5. The maximum atomic E-state index is 13.0. The Morgan fingerprint density at radius 1 is 0.903 bits per heavy atom. The van der Waals surface area contributed by atoms with Crippen molar-refractivity contribution >= 4 is 33.4 Å². The minimum absolute atomic E-state index is 0.0742. The van der Waals surface area contributed by atoms with Crippen molar-refractivity contribution in [3.63, 3.8) is 0 Å². The summed E-state index contributed by atoms with van der Waals surface area (Å²) in [4.78, 5) is 17.3. The monoisotopic (exact) mass is 498 g/mol. The molecule has 0 aromatic heterocycles. The summed E-state index contributed by atoms with van der Waals surface area (Å²) in [6.45, 7) is 4.40. The molecule has 0 atom stereocenters. The minimum Gasteiger partial charge on any atom is -0.488 e. The molecule has 1 amide bonds. The summed E-state index contributed by atoms with van der Waals surface area (Å²) in [6.07, 6.45) is 0. The number of rotatable bonds is 6. The summed E-state index contributed by atoms with van der Waals surface area (Å²) >= 11 is 9.58. The first-order valence-electron chi connectivity index (χ1n) is 10.3. The highest BCUT2D eigenvalue weighted by molar-refractivity contribution is 9.10. The lowest BCUT2D eigenvalue weighted by Crippen LogP contribution is -2.48. The van der Waals surface area contributed by atoms with E-state index in [4.69, 9.17) is 16.3 Å². The van der Waals surface area contributed by atoms with Gasteiger partial charge in [-0.15, -0.1) is 0 Å². The first-order chi connectivity index (χ1) is 15.1. The van der Waals surface area contributed by atoms with Crippen LogP contribution in [0, 0.1) is 0 Å². The Hall–Kier alpha value is -2.34. The van der Waals surface area contributed by atoms with E-state index < -0.39 is 0 Å². The van der Waals surface area contributed by atoms with Crippen LogP contribution in [-0.4, -0.2) is 41.9 Å². The fraction of sp³-hybridized carbons (Fsp3) is 0.240. The maximum Gasteiger partial charge on any atom is 0.253 e. The van der Waals surface area contributed by atoms with Gasteiger partial charge in [0.1, 0.15) is 12.4 Å². The molecule has 4 rings (SSSR count). The third-order valence-electron chi connectivity index (χ3n) is 5.36. The van der Waals surface area contributed by atoms with Gasteiger partial charge in [-0.25, -0.2) is 0 Å². The number of carbonyl (C=O) groups excluding carboxylic acids is 1. The zero-order chi connectivity index (χ0) is 21.6. The molecule has 6 heteroatoms. The molecule has 0 saturated carbocycles. The molecule has 1 aliphatic rings. The first-order valence-corrected chi connectivity index (χ1v) is 11.5. The molecule has 4 nitrogen and oxygen atoms in total. The van der Waals surface area contributed by atoms with E-state index in [0.717, 1.165) is 53.5 Å². The normalized spacial score (nSPS) is 14.5. The van der Waals surface area contributed by atoms with Crippen LogP contribution in [0.2, 0.25) is 5.02 Å². The van der Waals surface area contributed by atoms with Gasteiger partial charge in [0.25, 0.3) is 5.91 Å². The number of benzene rings is 3. The molecule has 31 heavy (non-hydrogen) atoms. The zero-order valence-electron chi connectivity index (χ0n) is 17.1. The highest BCUT2D eigenvalue weighted by Gasteiger charge is 2.22. The van der Waals surface area contributed by atoms with Gasteiger partial charge in [0.15, 0.2) is 0 Å². The number of nitrogens with zero attached hydrogens (tertiary/aromatic N) is 2. The van der Waals surface area contributed by atoms with E-state index in [1.165, 1.54) is 5.56 Å². The van der Waals surface area contributed by atoms with E-state index in [9.17, 15) is 4.79 Å². The average molecular weight is 500 g/mol. The third-order valence-corrected chi connectivity index (χ3v) is 6.25. The summed E-state index contributed by atoms with van der Waals surface area (Å²) in [6, 6.07) is 23.4. The summed E-state index contributed by atoms with van der Waals surface area (Å²) in [5.74, 6) is 0.861. The molecule has 0 spiro atoms. The van der Waals surface area contributed by atoms with E-state index >= 15 is 0 Å². The van der Waals surface area contributed by atoms with E-state index in [1.54, 1.807) is 0 Å². The standard InChI is InChI=1S/C25H24BrClN2O2/c26-23-9-1-2-10-24(23)31-18-20-6-3-7-21(15-20)25(30)29-13-11-28(12-14-29)17-19-5-4-8-22(27)16-19/h1-10,15-16H,11-14,17-18H2. The second-order valence-electron chi connectivity index (χ2n) is 7.62. The molecule has 1 aliphatic heterocycles. The Morgan fingerprint density at radius 2 is 1.65 bits per heavy atom. The van der Waals surface area contributed by atoms with Crippen molar-refractivity contribution in [3.05, 3.63) is 99.0 Å². The molecule has 0 bridgehead atoms. The van der Waals surface area contributed by atoms with Crippen molar-refractivity contribution in [2.45, 2.75) is 13.2 Å². The van der Waals surface area contributed by atoms with E-state index in [-0.39, 0.29) is 5.91 Å². The van der Waals surface area contributed by atoms with Gasteiger partial charge < -0.3 is 9.64 Å². The van der Waals surface area contributed by atoms with Crippen molar-refractivity contribution in [1.82, 2.24) is 9.80 Å². The van der Waals surface area contributed by atoms with Crippen LogP contribution in [0.5, 0.6) is 5.75 Å². The van der Waals surface area contributed by atoms with Crippen LogP contribution < -0.4 is 4.74 Å². The molecule has 0 unspecified atom stereocenters. The van der Waals surface area contributed by atoms with Gasteiger partial charge in [-0.1, -0.05) is 48.0 Å². The molecular formula is C25H24BrClN2O2. The molecule has 1 saturated heterocycles. The van der Waals surface area contributed by atoms with E-state index in [0.29, 0.717) is 12.2 Å². The van der Waals surface area contributed by atoms with Gasteiger partial charge in [-0.05, 0) is 63.5 Å². The summed E-state index contributed by atoms with van der Waals surface area (Å²) in [5.41, 5.74) is 2.88. The summed E-state index contributed by atoms with van der Waals surface area (Å²) in [7, 11) is 0. The molecule has 3 aromatic carbocycles. The van der Waals surface area contributed by atoms with E-state index in [2.05, 4.69) is 26.9 Å². The largest absolute Gasteiger partial charge is 0.488 e. The lowest BCUT2D eigenvalue weighted by molar-refractivity contribution is 0.0628. The molecule has 0 N–H and O–H groups in total. The number of amides is 1. The predicted octanol–water partition coefficient (Wildman–Crippen LogP) is 5.64. The lowest BCUT2D eigenvalue weighted by atomic mass is 10.1. The minimum atomic E-state index is 0.0742. The molecule has 3 aromatic rings. The topological polar surface area (TPSA) is 32.8 Å². The maximum absolute atomic E-state index is 13.0. The fourth-order valence-electron chi connectivity index (χ4n) is 3.70. The van der Waals surface area contributed by atoms with Crippen LogP contribution in [0.4, 0.5) is 0 Å². The van der Waals surface area contributed by atoms with Crippen LogP contribution in [0.25, 0.3) is 0 Å². The van der Waals surface area contributed by atoms with E-state index in [1.807, 2.05) is 71.6 Å². The van der Waals surface area contributed by atoms with Crippen molar-refractivity contribution in [2.75, 3.05) is 26.2 Å². The molecule has 1 fully saturated rings. The number of piperazine rings is 1. The number of ether oxygens (including phenoxy) is 1. The highest BCUT2D eigenvalue weighted by atomic mass is 79.9. The lowest BCUT2D eigenvalue weighted by Gasteiger charge is -2.35. The van der Waals surface area contributed by atoms with Gasteiger partial charge in [0.2, 0.25) is 0 Å². The summed E-state index contributed by atoms with van der Waals surface area (Å²) in [5, 5.41) is 0.759. The number of halogens is 2. The third kappa shape index (κ3) is 5.88. The van der Waals surface area contributed by atoms with Gasteiger partial charge in [-0.2, -0.15) is 0 Å². The summed E-state index contributed by atoms with van der Waals surface area (Å²) < 4.78 is 6.81. The van der Waals surface area contributed by atoms with Crippen molar-refractivity contribution < 1.29 is 9.53 Å². The van der Waals surface area contributed by atoms with Crippen molar-refractivity contribution in [1.29, 1.82) is 0 Å². The predicted molar refractivity (Wildman–Crippen MR) is 128 cm³/mol. The van der Waals surface area contributed by atoms with Gasteiger partial charge in [-0.3, -0.25) is 9.69 Å². The Bertz CT molecular complexity index is 1050. The van der Waals surface area contributed by atoms with Crippen molar-refractivity contribution in [3.8, 4) is 5.75 Å². The second-order valence-corrected chi connectivity index (χ2v) is 8.91. The number of hydrogen-bond donors (Lipinski definition) is 0. The van der Waals surface area contributed by atoms with Gasteiger partial charge in [0, 0.05) is 43.3 Å². The van der Waals surface area contributed by atoms with Crippen LogP contribution in [0.15, 0.2) is 77.3 Å². The van der Waals surface area contributed by atoms with Crippen LogP contribution >= 0.6 is 27.5 Å². The molecule has 1 heterocycles. The van der Waals surface area contributed by atoms with Gasteiger partial charge >= 0.3 is 0 Å². The first kappa shape index (κ1) is 21.9. The van der Waals surface area contributed by atoms with Crippen LogP contribution in [0.1, 0.15) is 21.5 Å². The number of para-hydroxylation sites is 1. The van der Waals surface area contributed by atoms with Gasteiger partial charge in [0.05, 0.1) is 4.47 Å². The Labute approximate surface area is 196 Å². The highest BCUT2D eigenvalue weighted by Crippen LogP contribution is 2.25. The van der Waals surface area contributed by atoms with Crippen LogP contribution in [-0.2, 0) is 13.2 Å². The quantitative estimate of drug-likeness (QED) is 0.440. The SMILES string of the molecule is O=C(c1cccc(COc2ccccc2Br)c1)N1CCN(Cc2cccc(Cl)c2)CC1. The van der Waals surface area contributed by atoms with Crippen LogP contribution in [0.3, 0.4) is 0 Å². The fourth-order valence-corrected chi connectivity index (χ4v) is 4.31. The second kappa shape index (κ2) is 10.3.